The molecule has 0 aliphatic heterocycles. The van der Waals surface area contributed by atoms with Gasteiger partial charge in [0.2, 0.25) is 5.91 Å². The van der Waals surface area contributed by atoms with Gasteiger partial charge in [-0.3, -0.25) is 14.2 Å². The molecule has 0 N–H and O–H groups in total. The Labute approximate surface area is 127 Å². The average Bonchev–Trinajstić information content (AvgIpc) is 2.50. The molecule has 118 valence electrons. The van der Waals surface area contributed by atoms with Crippen molar-refractivity contribution in [2.45, 2.75) is 13.0 Å². The highest BCUT2D eigenvalue weighted by atomic mass is 19.1. The summed E-state index contributed by atoms with van der Waals surface area (Å²) in [5, 5.41) is 0.164. The van der Waals surface area contributed by atoms with Crippen molar-refractivity contribution in [3.8, 4) is 0 Å². The molecule has 1 aromatic heterocycles. The normalized spacial score (nSPS) is 10.9. The SMILES string of the molecule is COCCCN(C)C(=O)Cn1cnc2ccc(F)cc2c1=O. The monoisotopic (exact) mass is 307 g/mol. The number of aromatic nitrogens is 2. The summed E-state index contributed by atoms with van der Waals surface area (Å²) < 4.78 is 19.4. The maximum Gasteiger partial charge on any atom is 0.261 e. The van der Waals surface area contributed by atoms with Crippen molar-refractivity contribution in [1.82, 2.24) is 14.5 Å². The average molecular weight is 307 g/mol. The van der Waals surface area contributed by atoms with Crippen LogP contribution >= 0.6 is 0 Å². The van der Waals surface area contributed by atoms with Gasteiger partial charge in [0, 0.05) is 27.3 Å². The fraction of sp³-hybridized carbons (Fsp3) is 0.400. The molecule has 1 amide bonds. The summed E-state index contributed by atoms with van der Waals surface area (Å²) in [6, 6.07) is 3.82. The van der Waals surface area contributed by atoms with Gasteiger partial charge >= 0.3 is 0 Å². The molecule has 6 nitrogen and oxygen atoms in total. The van der Waals surface area contributed by atoms with E-state index in [1.165, 1.54) is 27.9 Å². The van der Waals surface area contributed by atoms with Crippen LogP contribution in [0.1, 0.15) is 6.42 Å². The topological polar surface area (TPSA) is 64.4 Å². The second-order valence-electron chi connectivity index (χ2n) is 5.00. The van der Waals surface area contributed by atoms with Crippen molar-refractivity contribution in [2.24, 2.45) is 0 Å². The van der Waals surface area contributed by atoms with Gasteiger partial charge in [-0.15, -0.1) is 0 Å². The third-order valence-corrected chi connectivity index (χ3v) is 3.36. The number of likely N-dealkylation sites (N-methyl/N-ethyl adjacent to an activating group) is 1. The molecule has 0 aliphatic rings. The molecule has 0 atom stereocenters. The van der Waals surface area contributed by atoms with Crippen LogP contribution < -0.4 is 5.56 Å². The lowest BCUT2D eigenvalue weighted by Crippen LogP contribution is -2.35. The number of carbonyl (C=O) groups is 1. The summed E-state index contributed by atoms with van der Waals surface area (Å²) >= 11 is 0. The smallest absolute Gasteiger partial charge is 0.261 e. The van der Waals surface area contributed by atoms with E-state index in [9.17, 15) is 14.0 Å². The summed E-state index contributed by atoms with van der Waals surface area (Å²) in [4.78, 5) is 30.0. The van der Waals surface area contributed by atoms with E-state index in [0.717, 1.165) is 12.5 Å². The van der Waals surface area contributed by atoms with Crippen molar-refractivity contribution < 1.29 is 13.9 Å². The second-order valence-corrected chi connectivity index (χ2v) is 5.00. The summed E-state index contributed by atoms with van der Waals surface area (Å²) in [5.74, 6) is -0.720. The molecular weight excluding hydrogens is 289 g/mol. The van der Waals surface area contributed by atoms with Crippen molar-refractivity contribution in [3.05, 3.63) is 40.7 Å². The van der Waals surface area contributed by atoms with E-state index >= 15 is 0 Å². The number of rotatable bonds is 6. The molecule has 2 rings (SSSR count). The zero-order chi connectivity index (χ0) is 16.1. The van der Waals surface area contributed by atoms with E-state index in [1.54, 1.807) is 14.2 Å². The number of halogens is 1. The van der Waals surface area contributed by atoms with E-state index in [2.05, 4.69) is 4.98 Å². The van der Waals surface area contributed by atoms with Crippen LogP contribution in [0, 0.1) is 5.82 Å². The fourth-order valence-electron chi connectivity index (χ4n) is 2.08. The maximum atomic E-state index is 13.2. The predicted molar refractivity (Wildman–Crippen MR) is 80.1 cm³/mol. The molecule has 0 unspecified atom stereocenters. The predicted octanol–water partition coefficient (Wildman–Crippen LogP) is 1.03. The summed E-state index contributed by atoms with van der Waals surface area (Å²) in [5.41, 5.74) is -0.0216. The van der Waals surface area contributed by atoms with E-state index in [-0.39, 0.29) is 17.8 Å². The number of ether oxygens (including phenoxy) is 1. The first-order valence-electron chi connectivity index (χ1n) is 6.90. The van der Waals surface area contributed by atoms with Crippen molar-refractivity contribution in [1.29, 1.82) is 0 Å². The molecule has 0 saturated carbocycles. The van der Waals surface area contributed by atoms with Gasteiger partial charge < -0.3 is 9.64 Å². The molecule has 1 aromatic carbocycles. The standard InChI is InChI=1S/C15H18FN3O3/c1-18(6-3-7-22-2)14(20)9-19-10-17-13-5-4-11(16)8-12(13)15(19)21/h4-5,8,10H,3,6-7,9H2,1-2H3. The molecule has 0 aliphatic carbocycles. The quantitative estimate of drug-likeness (QED) is 0.748. The minimum atomic E-state index is -0.507. The highest BCUT2D eigenvalue weighted by Crippen LogP contribution is 2.08. The maximum absolute atomic E-state index is 13.2. The number of carbonyl (C=O) groups excluding carboxylic acids is 1. The fourth-order valence-corrected chi connectivity index (χ4v) is 2.08. The summed E-state index contributed by atoms with van der Waals surface area (Å²) in [6.45, 7) is 0.979. The molecule has 0 saturated heterocycles. The van der Waals surface area contributed by atoms with E-state index in [0.29, 0.717) is 18.7 Å². The first-order valence-corrected chi connectivity index (χ1v) is 6.90. The minimum absolute atomic E-state index is 0.123. The number of fused-ring (bicyclic) bond motifs is 1. The van der Waals surface area contributed by atoms with Crippen molar-refractivity contribution in [2.75, 3.05) is 27.3 Å². The molecule has 0 bridgehead atoms. The Hall–Kier alpha value is -2.28. The first-order chi connectivity index (χ1) is 10.5. The zero-order valence-corrected chi connectivity index (χ0v) is 12.6. The third kappa shape index (κ3) is 3.67. The third-order valence-electron chi connectivity index (χ3n) is 3.36. The molecule has 0 fully saturated rings. The number of methoxy groups -OCH3 is 1. The molecule has 7 heteroatoms. The molecule has 0 spiro atoms. The Morgan fingerprint density at radius 2 is 2.23 bits per heavy atom. The van der Waals surface area contributed by atoms with Gasteiger partial charge in [0.15, 0.2) is 0 Å². The van der Waals surface area contributed by atoms with Crippen molar-refractivity contribution >= 4 is 16.8 Å². The van der Waals surface area contributed by atoms with Crippen LogP contribution in [0.4, 0.5) is 4.39 Å². The highest BCUT2D eigenvalue weighted by Gasteiger charge is 2.12. The summed E-state index contributed by atoms with van der Waals surface area (Å²) in [6.07, 6.45) is 2.03. The molecule has 1 heterocycles. The number of nitrogens with zero attached hydrogens (tertiary/aromatic N) is 3. The van der Waals surface area contributed by atoms with Crippen LogP contribution in [-0.2, 0) is 16.1 Å². The zero-order valence-electron chi connectivity index (χ0n) is 12.6. The van der Waals surface area contributed by atoms with Gasteiger partial charge in [0.05, 0.1) is 17.2 Å². The Morgan fingerprint density at radius 3 is 2.95 bits per heavy atom. The lowest BCUT2D eigenvalue weighted by Gasteiger charge is -2.17. The van der Waals surface area contributed by atoms with Crippen LogP contribution in [0.2, 0.25) is 0 Å². The first kappa shape index (κ1) is 16.1. The lowest BCUT2D eigenvalue weighted by atomic mass is 10.2. The van der Waals surface area contributed by atoms with Crippen molar-refractivity contribution in [3.63, 3.8) is 0 Å². The van der Waals surface area contributed by atoms with E-state index < -0.39 is 11.4 Å². The summed E-state index contributed by atoms with van der Waals surface area (Å²) in [7, 11) is 3.26. The van der Waals surface area contributed by atoms with Crippen LogP contribution in [0.25, 0.3) is 10.9 Å². The largest absolute Gasteiger partial charge is 0.385 e. The number of amides is 1. The second kappa shape index (κ2) is 7.13. The van der Waals surface area contributed by atoms with Crippen LogP contribution in [0.3, 0.4) is 0 Å². The van der Waals surface area contributed by atoms with Crippen LogP contribution in [0.15, 0.2) is 29.3 Å². The highest BCUT2D eigenvalue weighted by molar-refractivity contribution is 5.78. The van der Waals surface area contributed by atoms with E-state index in [4.69, 9.17) is 4.74 Å². The van der Waals surface area contributed by atoms with Gasteiger partial charge in [-0.05, 0) is 24.6 Å². The Bertz CT molecular complexity index is 730. The van der Waals surface area contributed by atoms with Crippen LogP contribution in [-0.4, -0.2) is 47.7 Å². The Morgan fingerprint density at radius 1 is 1.45 bits per heavy atom. The van der Waals surface area contributed by atoms with Gasteiger partial charge in [-0.25, -0.2) is 9.37 Å². The molecule has 0 radical (unpaired) electrons. The number of hydrogen-bond acceptors (Lipinski definition) is 4. The number of hydrogen-bond donors (Lipinski definition) is 0. The Balaban J connectivity index is 2.16. The van der Waals surface area contributed by atoms with E-state index in [1.807, 2.05) is 0 Å². The van der Waals surface area contributed by atoms with Gasteiger partial charge in [-0.2, -0.15) is 0 Å². The molecular formula is C15H18FN3O3. The molecule has 2 aromatic rings. The van der Waals surface area contributed by atoms with Gasteiger partial charge in [0.25, 0.3) is 5.56 Å². The minimum Gasteiger partial charge on any atom is -0.385 e. The van der Waals surface area contributed by atoms with Gasteiger partial charge in [-0.1, -0.05) is 0 Å². The lowest BCUT2D eigenvalue weighted by molar-refractivity contribution is -0.130. The van der Waals surface area contributed by atoms with Crippen LogP contribution in [0.5, 0.6) is 0 Å². The number of benzene rings is 1. The molecule has 22 heavy (non-hydrogen) atoms. The van der Waals surface area contributed by atoms with Gasteiger partial charge in [0.1, 0.15) is 12.4 Å². The Kier molecular flexibility index (Phi) is 5.21.